The number of nitrogens with two attached hydrogens (primary N) is 2. The molecule has 0 spiro atoms. The van der Waals surface area contributed by atoms with Gasteiger partial charge in [0, 0.05) is 36.4 Å². The lowest BCUT2D eigenvalue weighted by Gasteiger charge is -2.27. The number of aliphatic carboxylic acids is 3. The number of hydrogen-bond donors (Lipinski definition) is 15. The van der Waals surface area contributed by atoms with E-state index in [4.69, 9.17) is 11.5 Å². The van der Waals surface area contributed by atoms with E-state index in [0.717, 1.165) is 0 Å². The van der Waals surface area contributed by atoms with E-state index in [2.05, 4.69) is 42.2 Å². The topological polar surface area (TPSA) is 441 Å². The largest absolute Gasteiger partial charge is 0.481 e. The maximum Gasteiger partial charge on any atom is 0.326 e. The van der Waals surface area contributed by atoms with Crippen LogP contribution >= 0.6 is 11.8 Å². The molecule has 1 heterocycles. The fourth-order valence-corrected chi connectivity index (χ4v) is 7.28. The molecule has 26 nitrogen and oxygen atoms in total. The van der Waals surface area contributed by atoms with Gasteiger partial charge in [0.1, 0.15) is 42.3 Å². The smallest absolute Gasteiger partial charge is 0.326 e. The fourth-order valence-electron chi connectivity index (χ4n) is 6.79. The van der Waals surface area contributed by atoms with Crippen LogP contribution in [0.5, 0.6) is 0 Å². The highest BCUT2D eigenvalue weighted by Gasteiger charge is 2.36. The van der Waals surface area contributed by atoms with Crippen LogP contribution in [0.25, 0.3) is 10.9 Å². The SMILES string of the molecule is CSCC[C@H](N)C(=O)N[C@@H](CCC(=O)O)C(=O)N[C@@H](CO)C(=O)N[C@@H](Cc1ccccc1)C(=O)N[C@@H](CC(N)=O)C(=O)N[C@@H](CC(=O)O)C(=O)N[C@@H](CO)C(=O)N[C@@H](Cc1c[nH]c2ccccc12)C(=O)O. The number of rotatable bonds is 31. The molecule has 3 rings (SSSR count). The molecule has 3 aromatic rings. The second kappa shape index (κ2) is 28.8. The molecule has 0 saturated carbocycles. The summed E-state index contributed by atoms with van der Waals surface area (Å²) in [6, 6.07) is 1.18. The summed E-state index contributed by atoms with van der Waals surface area (Å²) in [4.78, 5) is 145. The molecule has 8 atom stereocenters. The number of aromatic nitrogens is 1. The van der Waals surface area contributed by atoms with E-state index in [0.29, 0.717) is 27.8 Å². The van der Waals surface area contributed by atoms with Crippen LogP contribution in [0.2, 0.25) is 0 Å². The van der Waals surface area contributed by atoms with E-state index in [1.54, 1.807) is 67.0 Å². The summed E-state index contributed by atoms with van der Waals surface area (Å²) in [6.45, 7) is -2.22. The Morgan fingerprint density at radius 3 is 1.58 bits per heavy atom. The Balaban J connectivity index is 1.81. The molecule has 0 bridgehead atoms. The van der Waals surface area contributed by atoms with Crippen molar-refractivity contribution in [2.75, 3.05) is 25.2 Å². The number of carbonyl (C=O) groups excluding carboxylic acids is 8. The predicted octanol–water partition coefficient (Wildman–Crippen LogP) is -4.29. The summed E-state index contributed by atoms with van der Waals surface area (Å²) in [5.74, 6) is -13.4. The van der Waals surface area contributed by atoms with Gasteiger partial charge in [0.2, 0.25) is 47.3 Å². The maximum atomic E-state index is 14.0. The molecule has 71 heavy (non-hydrogen) atoms. The van der Waals surface area contributed by atoms with E-state index < -0.39 is 152 Å². The second-order valence-corrected chi connectivity index (χ2v) is 17.0. The first kappa shape index (κ1) is 57.7. The van der Waals surface area contributed by atoms with Crippen LogP contribution in [0.1, 0.15) is 43.2 Å². The number of amides is 8. The third-order valence-electron chi connectivity index (χ3n) is 10.6. The fraction of sp³-hybridized carbons (Fsp3) is 0.432. The van der Waals surface area contributed by atoms with Gasteiger partial charge in [-0.1, -0.05) is 48.5 Å². The van der Waals surface area contributed by atoms with Crippen molar-refractivity contribution in [1.82, 2.24) is 42.2 Å². The van der Waals surface area contributed by atoms with E-state index in [-0.39, 0.29) is 19.3 Å². The molecule has 0 aliphatic carbocycles. The van der Waals surface area contributed by atoms with Gasteiger partial charge in [-0.2, -0.15) is 11.8 Å². The second-order valence-electron chi connectivity index (χ2n) is 16.0. The maximum absolute atomic E-state index is 14.0. The molecule has 0 fully saturated rings. The molecule has 2 aromatic carbocycles. The third kappa shape index (κ3) is 19.0. The number of carboxylic acids is 3. The molecule has 0 radical (unpaired) electrons. The standard InChI is InChI=1S/C44H58N10O16S/c1-71-14-13-25(45)37(62)48-27(11-12-35(58)59)38(63)53-32(20-55)42(67)49-28(15-22-7-3-2-4-8-22)39(64)50-29(17-34(46)57)40(65)51-30(18-36(60)61)41(66)54-33(21-56)43(68)52-31(44(69)70)16-23-19-47-26-10-6-5-9-24(23)26/h2-10,19,25,27-33,47,55-56H,11-18,20-21,45H2,1H3,(H2,46,57)(H,48,62)(H,49,67)(H,50,64)(H,51,65)(H,52,68)(H,53,63)(H,54,66)(H,58,59)(H,60,61)(H,69,70)/t25-,27-,28-,29-,30-,31-,32-,33-/m0/s1. The van der Waals surface area contributed by atoms with Gasteiger partial charge >= 0.3 is 17.9 Å². The zero-order valence-electron chi connectivity index (χ0n) is 38.3. The number of thioether (sulfide) groups is 1. The van der Waals surface area contributed by atoms with Gasteiger partial charge < -0.3 is 79.2 Å². The predicted molar refractivity (Wildman–Crippen MR) is 251 cm³/mol. The normalized spacial score (nSPS) is 14.4. The molecule has 27 heteroatoms. The minimum absolute atomic E-state index is 0.213. The lowest BCUT2D eigenvalue weighted by molar-refractivity contribution is -0.143. The van der Waals surface area contributed by atoms with Crippen LogP contribution in [-0.2, 0) is 65.6 Å². The number of primary amides is 1. The zero-order valence-corrected chi connectivity index (χ0v) is 39.1. The Bertz CT molecular complexity index is 2390. The first-order valence-electron chi connectivity index (χ1n) is 21.8. The molecule has 0 aliphatic heterocycles. The number of benzene rings is 2. The highest BCUT2D eigenvalue weighted by atomic mass is 32.2. The molecule has 0 saturated heterocycles. The average molecular weight is 1020 g/mol. The number of aliphatic hydroxyl groups is 2. The minimum atomic E-state index is -2.07. The van der Waals surface area contributed by atoms with Crippen LogP contribution in [0.15, 0.2) is 60.8 Å². The van der Waals surface area contributed by atoms with Crippen molar-refractivity contribution in [1.29, 1.82) is 0 Å². The molecule has 1 aromatic heterocycles. The van der Waals surface area contributed by atoms with Crippen molar-refractivity contribution in [3.63, 3.8) is 0 Å². The van der Waals surface area contributed by atoms with Crippen molar-refractivity contribution in [2.45, 2.75) is 93.3 Å². The number of nitrogens with one attached hydrogen (secondary N) is 8. The summed E-state index contributed by atoms with van der Waals surface area (Å²) < 4.78 is 0. The van der Waals surface area contributed by atoms with Gasteiger partial charge in [0.15, 0.2) is 0 Å². The molecule has 386 valence electrons. The van der Waals surface area contributed by atoms with E-state index in [1.165, 1.54) is 11.8 Å². The highest BCUT2D eigenvalue weighted by Crippen LogP contribution is 2.19. The zero-order chi connectivity index (χ0) is 52.8. The van der Waals surface area contributed by atoms with Gasteiger partial charge in [0.25, 0.3) is 0 Å². The number of fused-ring (bicyclic) bond motifs is 1. The summed E-state index contributed by atoms with van der Waals surface area (Å²) in [7, 11) is 0. The van der Waals surface area contributed by atoms with Crippen molar-refractivity contribution in [3.8, 4) is 0 Å². The van der Waals surface area contributed by atoms with Gasteiger partial charge in [-0.25, -0.2) is 4.79 Å². The Kier molecular flexibility index (Phi) is 23.4. The van der Waals surface area contributed by atoms with Crippen LogP contribution < -0.4 is 48.7 Å². The lowest BCUT2D eigenvalue weighted by atomic mass is 10.0. The average Bonchev–Trinajstić information content (AvgIpc) is 3.73. The van der Waals surface area contributed by atoms with E-state index in [1.807, 2.05) is 0 Å². The van der Waals surface area contributed by atoms with Crippen molar-refractivity contribution >= 4 is 87.8 Å². The van der Waals surface area contributed by atoms with Gasteiger partial charge in [-0.15, -0.1) is 0 Å². The Labute approximate surface area is 409 Å². The summed E-state index contributed by atoms with van der Waals surface area (Å²) >= 11 is 1.40. The molecule has 0 unspecified atom stereocenters. The van der Waals surface area contributed by atoms with Crippen molar-refractivity contribution < 1.29 is 78.3 Å². The van der Waals surface area contributed by atoms with Crippen molar-refractivity contribution in [2.24, 2.45) is 11.5 Å². The monoisotopic (exact) mass is 1010 g/mol. The third-order valence-corrected chi connectivity index (χ3v) is 11.2. The van der Waals surface area contributed by atoms with Gasteiger partial charge in [0.05, 0.1) is 32.1 Å². The van der Waals surface area contributed by atoms with Crippen LogP contribution in [-0.4, -0.2) is 169 Å². The number of aliphatic hydroxyl groups excluding tert-OH is 2. The molecule has 17 N–H and O–H groups in total. The summed E-state index contributed by atoms with van der Waals surface area (Å²) in [5, 5.41) is 65.1. The molecule has 0 aliphatic rings. The molecule has 8 amide bonds. The summed E-state index contributed by atoms with van der Waals surface area (Å²) in [5.41, 5.74) is 12.9. The lowest BCUT2D eigenvalue weighted by Crippen LogP contribution is -2.61. The van der Waals surface area contributed by atoms with Gasteiger partial charge in [-0.3, -0.25) is 47.9 Å². The number of para-hydroxylation sites is 1. The Hall–Kier alpha value is -7.62. The first-order valence-corrected chi connectivity index (χ1v) is 23.2. The number of carboxylic acid groups (broad SMARTS) is 3. The van der Waals surface area contributed by atoms with Crippen LogP contribution in [0.4, 0.5) is 0 Å². The molecular weight excluding hydrogens is 957 g/mol. The Morgan fingerprint density at radius 2 is 1.04 bits per heavy atom. The Morgan fingerprint density at radius 1 is 0.563 bits per heavy atom. The van der Waals surface area contributed by atoms with E-state index in [9.17, 15) is 78.3 Å². The highest BCUT2D eigenvalue weighted by molar-refractivity contribution is 7.98. The minimum Gasteiger partial charge on any atom is -0.481 e. The number of hydrogen-bond acceptors (Lipinski definition) is 15. The van der Waals surface area contributed by atoms with Crippen LogP contribution in [0, 0.1) is 0 Å². The number of carbonyl (C=O) groups is 11. The number of aromatic amines is 1. The van der Waals surface area contributed by atoms with Gasteiger partial charge in [-0.05, 0) is 42.0 Å². The quantitative estimate of drug-likeness (QED) is 0.0290. The van der Waals surface area contributed by atoms with E-state index >= 15 is 0 Å². The first-order chi connectivity index (χ1) is 33.7. The summed E-state index contributed by atoms with van der Waals surface area (Å²) in [6.07, 6.45) is -0.220. The molecular formula is C44H58N10O16S. The van der Waals surface area contributed by atoms with Crippen molar-refractivity contribution in [3.05, 3.63) is 71.9 Å². The number of H-pyrrole nitrogens is 1. The van der Waals surface area contributed by atoms with Crippen LogP contribution in [0.3, 0.4) is 0 Å².